The molecule has 1 fully saturated rings. The van der Waals surface area contributed by atoms with Gasteiger partial charge in [-0.25, -0.2) is 4.98 Å². The zero-order valence-corrected chi connectivity index (χ0v) is 14.4. The number of nitrogens with zero attached hydrogens (tertiary/aromatic N) is 5. The molecule has 0 saturated carbocycles. The van der Waals surface area contributed by atoms with Crippen molar-refractivity contribution >= 4 is 38.4 Å². The molecule has 1 unspecified atom stereocenters. The fourth-order valence-electron chi connectivity index (χ4n) is 2.65. The molecule has 4 radical (unpaired) electrons. The molecule has 0 amide bonds. The van der Waals surface area contributed by atoms with Crippen LogP contribution in [0.25, 0.3) is 11.0 Å². The molecule has 2 atom stereocenters. The summed E-state index contributed by atoms with van der Waals surface area (Å²) in [4.78, 5) is 11.3. The molecule has 1 aliphatic heterocycles. The van der Waals surface area contributed by atoms with E-state index in [1.54, 1.807) is 6.07 Å². The summed E-state index contributed by atoms with van der Waals surface area (Å²) in [5.41, 5.74) is -1.21. The molecule has 0 aliphatic carbocycles. The van der Waals surface area contributed by atoms with Crippen molar-refractivity contribution in [2.45, 2.75) is 17.7 Å². The average Bonchev–Trinajstić information content (AvgIpc) is 3.34. The number of aromatic nitrogens is 5. The Morgan fingerprint density at radius 1 is 1.46 bits per heavy atom. The Balaban J connectivity index is 1.65. The van der Waals surface area contributed by atoms with Gasteiger partial charge < -0.3 is 30.0 Å². The molecule has 4 N–H and O–H groups in total. The third-order valence-corrected chi connectivity index (χ3v) is 4.05. The van der Waals surface area contributed by atoms with Gasteiger partial charge in [-0.15, -0.1) is 5.10 Å². The van der Waals surface area contributed by atoms with Crippen molar-refractivity contribution < 1.29 is 19.7 Å². The normalized spacial score (nSPS) is 19.6. The van der Waals surface area contributed by atoms with Gasteiger partial charge in [-0.3, -0.25) is 4.68 Å². The van der Waals surface area contributed by atoms with E-state index in [0.717, 1.165) is 4.68 Å². The Morgan fingerprint density at radius 2 is 2.29 bits per heavy atom. The molecule has 28 heavy (non-hydrogen) atoms. The largest absolute Gasteiger partial charge is 0.466 e. The molecule has 11 nitrogen and oxygen atoms in total. The van der Waals surface area contributed by atoms with E-state index in [4.69, 9.17) is 30.4 Å². The van der Waals surface area contributed by atoms with Gasteiger partial charge in [-0.2, -0.15) is 10.2 Å². The quantitative estimate of drug-likeness (QED) is 0.402. The van der Waals surface area contributed by atoms with E-state index in [1.165, 1.54) is 12.4 Å². The van der Waals surface area contributed by atoms with Crippen molar-refractivity contribution in [3.63, 3.8) is 0 Å². The summed E-state index contributed by atoms with van der Waals surface area (Å²) in [6.07, 6.45) is 1.35. The van der Waals surface area contributed by atoms with Crippen LogP contribution in [-0.4, -0.2) is 76.1 Å². The molecule has 4 heterocycles. The highest BCUT2D eigenvalue weighted by Gasteiger charge is 2.30. The highest BCUT2D eigenvalue weighted by atomic mass is 16.6. The van der Waals surface area contributed by atoms with Gasteiger partial charge >= 0.3 is 0 Å². The lowest BCUT2D eigenvalue weighted by molar-refractivity contribution is 0.0677. The molecule has 0 aromatic carbocycles. The van der Waals surface area contributed by atoms with Crippen LogP contribution in [0.15, 0.2) is 18.5 Å². The highest BCUT2D eigenvalue weighted by molar-refractivity contribution is 6.36. The number of ether oxygens (including phenoxy) is 2. The van der Waals surface area contributed by atoms with Gasteiger partial charge in [-0.1, -0.05) is 0 Å². The van der Waals surface area contributed by atoms with E-state index in [1.807, 2.05) is 6.07 Å². The summed E-state index contributed by atoms with van der Waals surface area (Å²) in [7, 11) is 10.9. The Labute approximate surface area is 161 Å². The Morgan fingerprint density at radius 3 is 2.96 bits per heavy atom. The van der Waals surface area contributed by atoms with Crippen LogP contribution in [0, 0.1) is 11.3 Å². The molecule has 13 heteroatoms. The first kappa shape index (κ1) is 18.3. The Bertz CT molecular complexity index is 1060. The number of fused-ring (bicyclic) bond motifs is 1. The number of hydrogen-bond donors (Lipinski definition) is 4. The summed E-state index contributed by atoms with van der Waals surface area (Å²) in [6, 6.07) is 3.61. The van der Waals surface area contributed by atoms with Gasteiger partial charge in [0.1, 0.15) is 44.9 Å². The lowest BCUT2D eigenvalue weighted by atomic mass is 9.73. The average molecular weight is 377 g/mol. The van der Waals surface area contributed by atoms with E-state index < -0.39 is 17.7 Å². The van der Waals surface area contributed by atoms with Gasteiger partial charge in [0, 0.05) is 11.6 Å². The van der Waals surface area contributed by atoms with Crippen molar-refractivity contribution in [1.29, 1.82) is 5.26 Å². The summed E-state index contributed by atoms with van der Waals surface area (Å²) >= 11 is 0. The van der Waals surface area contributed by atoms with E-state index in [9.17, 15) is 10.2 Å². The molecule has 4 rings (SSSR count). The number of hydrogen-bond acceptors (Lipinski definition) is 9. The molecule has 3 aromatic rings. The minimum Gasteiger partial charge on any atom is -0.466 e. The maximum absolute atomic E-state index is 9.88. The number of aromatic amines is 1. The third-order valence-electron chi connectivity index (χ3n) is 4.05. The molecule has 0 bridgehead atoms. The Kier molecular flexibility index (Phi) is 4.46. The zero-order chi connectivity index (χ0) is 19.9. The van der Waals surface area contributed by atoms with Gasteiger partial charge in [0.25, 0.3) is 5.88 Å². The van der Waals surface area contributed by atoms with Gasteiger partial charge in [-0.05, 0) is 6.07 Å². The first-order valence-electron chi connectivity index (χ1n) is 8.19. The number of aliphatic hydroxyl groups is 2. The van der Waals surface area contributed by atoms with E-state index in [2.05, 4.69) is 25.4 Å². The molecule has 0 spiro atoms. The van der Waals surface area contributed by atoms with Crippen molar-refractivity contribution in [2.75, 3.05) is 18.5 Å². The zero-order valence-electron chi connectivity index (χ0n) is 14.4. The van der Waals surface area contributed by atoms with Crippen LogP contribution in [0.2, 0.25) is 0 Å². The first-order chi connectivity index (χ1) is 13.3. The summed E-state index contributed by atoms with van der Waals surface area (Å²) in [6.45, 7) is 0.310. The van der Waals surface area contributed by atoms with Crippen LogP contribution >= 0.6 is 0 Å². The molecule has 1 aliphatic rings. The van der Waals surface area contributed by atoms with Crippen LogP contribution < -0.4 is 10.1 Å². The molecule has 3 aromatic heterocycles. The van der Waals surface area contributed by atoms with E-state index in [0.29, 0.717) is 16.7 Å². The number of nitriles is 1. The smallest absolute Gasteiger partial charge is 0.257 e. The summed E-state index contributed by atoms with van der Waals surface area (Å²) in [5, 5.41) is 36.2. The summed E-state index contributed by atoms with van der Waals surface area (Å²) in [5.74, 6) is 0.181. The Hall–Kier alpha value is -3.07. The standard InChI is InChI=1S/C15H13B2N7O4/c16-15(17,26)24-4-9(13(23-24)28-11-6-27-5-10(11)25)21-14-19-3-7-1-8(2-18)20-12(7)22-14/h1,3-4,10-11,25-26H,5-6H2,(H2,19,20,21,22)/t10?,11-/m1/s1. The number of nitrogens with one attached hydrogen (secondary N) is 2. The number of rotatable bonds is 5. The fraction of sp³-hybridized carbons (Fsp3) is 0.333. The molecular weight excluding hydrogens is 364 g/mol. The van der Waals surface area contributed by atoms with Gasteiger partial charge in [0.15, 0.2) is 6.10 Å². The van der Waals surface area contributed by atoms with Crippen LogP contribution in [0.3, 0.4) is 0 Å². The topological polar surface area (TPSA) is 154 Å². The first-order valence-corrected chi connectivity index (χ1v) is 8.19. The molecule has 1 saturated heterocycles. The maximum Gasteiger partial charge on any atom is 0.257 e. The fourth-order valence-corrected chi connectivity index (χ4v) is 2.65. The number of anilines is 2. The number of aliphatic hydroxyl groups excluding tert-OH is 1. The second-order valence-electron chi connectivity index (χ2n) is 6.25. The predicted octanol–water partition coefficient (Wildman–Crippen LogP) is -1.19. The SMILES string of the molecule is [B]C([B])(O)n1cc(Nc2ncc3cc(C#N)[nH]c3n2)c(O[C@@H]2COCC2O)n1. The van der Waals surface area contributed by atoms with Crippen LogP contribution in [0.1, 0.15) is 5.69 Å². The van der Waals surface area contributed by atoms with Crippen molar-refractivity contribution in [3.05, 3.63) is 24.2 Å². The maximum atomic E-state index is 9.88. The van der Waals surface area contributed by atoms with Crippen molar-refractivity contribution in [2.24, 2.45) is 0 Å². The van der Waals surface area contributed by atoms with Crippen molar-refractivity contribution in [1.82, 2.24) is 24.7 Å². The van der Waals surface area contributed by atoms with Crippen LogP contribution in [-0.2, 0) is 10.3 Å². The predicted molar refractivity (Wildman–Crippen MR) is 97.1 cm³/mol. The third kappa shape index (κ3) is 3.53. The van der Waals surface area contributed by atoms with E-state index in [-0.39, 0.29) is 30.7 Å². The molecular formula is C15H13B2N7O4. The minimum absolute atomic E-state index is 0.0109. The van der Waals surface area contributed by atoms with Gasteiger partial charge in [0.2, 0.25) is 5.95 Å². The minimum atomic E-state index is -2.27. The van der Waals surface area contributed by atoms with Crippen LogP contribution in [0.5, 0.6) is 5.88 Å². The van der Waals surface area contributed by atoms with Crippen LogP contribution in [0.4, 0.5) is 11.6 Å². The monoisotopic (exact) mass is 377 g/mol. The summed E-state index contributed by atoms with van der Waals surface area (Å²) < 4.78 is 11.7. The van der Waals surface area contributed by atoms with Gasteiger partial charge in [0.05, 0.1) is 24.9 Å². The second kappa shape index (κ2) is 6.83. The molecule has 138 valence electrons. The van der Waals surface area contributed by atoms with Crippen molar-refractivity contribution in [3.8, 4) is 11.9 Å². The second-order valence-corrected chi connectivity index (χ2v) is 6.25. The lowest BCUT2D eigenvalue weighted by Gasteiger charge is -2.19. The van der Waals surface area contributed by atoms with E-state index >= 15 is 0 Å². The lowest BCUT2D eigenvalue weighted by Crippen LogP contribution is -2.35. The number of H-pyrrole nitrogens is 1. The highest BCUT2D eigenvalue weighted by Crippen LogP contribution is 2.29.